The molecule has 0 aliphatic carbocycles. The van der Waals surface area contributed by atoms with Crippen molar-refractivity contribution in [3.05, 3.63) is 47.7 Å². The molecule has 0 fully saturated rings. The van der Waals surface area contributed by atoms with Crippen molar-refractivity contribution in [3.8, 4) is 11.5 Å². The van der Waals surface area contributed by atoms with Gasteiger partial charge in [-0.25, -0.2) is 4.98 Å². The molecule has 2 aromatic rings. The predicted molar refractivity (Wildman–Crippen MR) is 103 cm³/mol. The summed E-state index contributed by atoms with van der Waals surface area (Å²) < 4.78 is 10.6. The summed E-state index contributed by atoms with van der Waals surface area (Å²) in [4.78, 5) is 16.5. The molecule has 0 saturated carbocycles. The van der Waals surface area contributed by atoms with Crippen LogP contribution in [-0.2, 0) is 6.54 Å². The van der Waals surface area contributed by atoms with Crippen LogP contribution in [0.4, 0.5) is 5.82 Å². The van der Waals surface area contributed by atoms with E-state index in [0.29, 0.717) is 36.0 Å². The highest BCUT2D eigenvalue weighted by Gasteiger charge is 2.08. The summed E-state index contributed by atoms with van der Waals surface area (Å²) in [5.41, 5.74) is 1.63. The molecule has 0 bridgehead atoms. The van der Waals surface area contributed by atoms with E-state index in [9.17, 15) is 4.79 Å². The van der Waals surface area contributed by atoms with Gasteiger partial charge in [-0.15, -0.1) is 0 Å². The second-order valence-electron chi connectivity index (χ2n) is 5.94. The van der Waals surface area contributed by atoms with E-state index in [0.717, 1.165) is 24.8 Å². The minimum atomic E-state index is -0.0716. The molecule has 0 aliphatic heterocycles. The molecule has 0 spiro atoms. The van der Waals surface area contributed by atoms with Crippen molar-refractivity contribution in [2.45, 2.75) is 32.7 Å². The van der Waals surface area contributed by atoms with E-state index in [1.165, 1.54) is 0 Å². The number of hydrogen-bond donors (Lipinski definition) is 2. The van der Waals surface area contributed by atoms with Gasteiger partial charge in [0, 0.05) is 24.8 Å². The van der Waals surface area contributed by atoms with E-state index in [-0.39, 0.29) is 5.91 Å². The zero-order chi connectivity index (χ0) is 18.8. The van der Waals surface area contributed by atoms with Gasteiger partial charge in [0.2, 0.25) is 0 Å². The van der Waals surface area contributed by atoms with E-state index in [2.05, 4.69) is 22.5 Å². The molecule has 26 heavy (non-hydrogen) atoms. The van der Waals surface area contributed by atoms with E-state index in [1.54, 1.807) is 32.5 Å². The van der Waals surface area contributed by atoms with Crippen molar-refractivity contribution in [2.24, 2.45) is 0 Å². The van der Waals surface area contributed by atoms with E-state index in [4.69, 9.17) is 9.47 Å². The van der Waals surface area contributed by atoms with Gasteiger partial charge < -0.3 is 20.1 Å². The molecule has 140 valence electrons. The van der Waals surface area contributed by atoms with Gasteiger partial charge in [0.25, 0.3) is 5.91 Å². The van der Waals surface area contributed by atoms with Crippen LogP contribution in [0.2, 0.25) is 0 Å². The molecule has 2 rings (SSSR count). The van der Waals surface area contributed by atoms with Gasteiger partial charge in [0.15, 0.2) is 11.5 Å². The second-order valence-corrected chi connectivity index (χ2v) is 5.94. The molecular weight excluding hydrogens is 330 g/mol. The molecule has 6 heteroatoms. The number of hydrogen-bond acceptors (Lipinski definition) is 5. The zero-order valence-electron chi connectivity index (χ0n) is 15.7. The van der Waals surface area contributed by atoms with E-state index < -0.39 is 0 Å². The fourth-order valence-electron chi connectivity index (χ4n) is 2.53. The lowest BCUT2D eigenvalue weighted by Gasteiger charge is -2.11. The van der Waals surface area contributed by atoms with Crippen LogP contribution in [0.5, 0.6) is 11.5 Å². The van der Waals surface area contributed by atoms with Gasteiger partial charge in [-0.1, -0.05) is 25.8 Å². The standard InChI is InChI=1S/C20H27N3O3/c1-4-5-6-10-22-20(24)16-9-11-21-19(13-16)23-14-15-7-8-17(25-2)18(12-15)26-3/h7-9,11-13H,4-6,10,14H2,1-3H3,(H,21,23)(H,22,24). The lowest BCUT2D eigenvalue weighted by Crippen LogP contribution is -2.24. The average molecular weight is 357 g/mol. The summed E-state index contributed by atoms with van der Waals surface area (Å²) in [6, 6.07) is 9.21. The Balaban J connectivity index is 1.95. The summed E-state index contributed by atoms with van der Waals surface area (Å²) in [6.07, 6.45) is 4.89. The number of aromatic nitrogens is 1. The topological polar surface area (TPSA) is 72.5 Å². The molecule has 0 atom stereocenters. The number of ether oxygens (including phenoxy) is 2. The van der Waals surface area contributed by atoms with Crippen molar-refractivity contribution in [3.63, 3.8) is 0 Å². The molecule has 1 amide bonds. The number of anilines is 1. The molecule has 1 heterocycles. The fourth-order valence-corrected chi connectivity index (χ4v) is 2.53. The minimum absolute atomic E-state index is 0.0716. The van der Waals surface area contributed by atoms with Gasteiger partial charge in [0.1, 0.15) is 5.82 Å². The maximum absolute atomic E-state index is 12.2. The molecule has 2 N–H and O–H groups in total. The number of nitrogens with one attached hydrogen (secondary N) is 2. The summed E-state index contributed by atoms with van der Waals surface area (Å²) in [7, 11) is 3.22. The Hall–Kier alpha value is -2.76. The highest BCUT2D eigenvalue weighted by molar-refractivity contribution is 5.94. The van der Waals surface area contributed by atoms with Crippen LogP contribution in [0.15, 0.2) is 36.5 Å². The van der Waals surface area contributed by atoms with Crippen molar-refractivity contribution in [1.29, 1.82) is 0 Å². The third-order valence-corrected chi connectivity index (χ3v) is 4.01. The molecule has 0 saturated heterocycles. The van der Waals surface area contributed by atoms with Crippen LogP contribution in [0, 0.1) is 0 Å². The molecular formula is C20H27N3O3. The number of nitrogens with zero attached hydrogens (tertiary/aromatic N) is 1. The number of methoxy groups -OCH3 is 2. The van der Waals surface area contributed by atoms with Crippen LogP contribution in [0.3, 0.4) is 0 Å². The number of rotatable bonds is 10. The molecule has 0 radical (unpaired) electrons. The molecule has 6 nitrogen and oxygen atoms in total. The van der Waals surface area contributed by atoms with Crippen LogP contribution >= 0.6 is 0 Å². The van der Waals surface area contributed by atoms with Gasteiger partial charge >= 0.3 is 0 Å². The van der Waals surface area contributed by atoms with Crippen molar-refractivity contribution in [2.75, 3.05) is 26.1 Å². The first-order valence-corrected chi connectivity index (χ1v) is 8.87. The summed E-state index contributed by atoms with van der Waals surface area (Å²) in [6.45, 7) is 3.40. The first-order valence-electron chi connectivity index (χ1n) is 8.87. The first kappa shape index (κ1) is 19.6. The van der Waals surface area contributed by atoms with Crippen LogP contribution in [-0.4, -0.2) is 31.7 Å². The van der Waals surface area contributed by atoms with Crippen LogP contribution < -0.4 is 20.1 Å². The maximum atomic E-state index is 12.2. The third kappa shape index (κ3) is 5.65. The normalized spacial score (nSPS) is 10.3. The number of unbranched alkanes of at least 4 members (excludes halogenated alkanes) is 2. The van der Waals surface area contributed by atoms with Gasteiger partial charge in [0.05, 0.1) is 14.2 Å². The second kappa shape index (κ2) is 10.3. The number of benzene rings is 1. The Labute approximate surface area is 154 Å². The van der Waals surface area contributed by atoms with Gasteiger partial charge in [-0.3, -0.25) is 4.79 Å². The SMILES string of the molecule is CCCCCNC(=O)c1ccnc(NCc2ccc(OC)c(OC)c2)c1. The average Bonchev–Trinajstić information content (AvgIpc) is 2.69. The monoisotopic (exact) mass is 357 g/mol. The summed E-state index contributed by atoms with van der Waals surface area (Å²) in [5, 5.41) is 6.17. The van der Waals surface area contributed by atoms with Crippen LogP contribution in [0.25, 0.3) is 0 Å². The highest BCUT2D eigenvalue weighted by atomic mass is 16.5. The molecule has 0 unspecified atom stereocenters. The van der Waals surface area contributed by atoms with E-state index >= 15 is 0 Å². The lowest BCUT2D eigenvalue weighted by atomic mass is 10.2. The van der Waals surface area contributed by atoms with Crippen molar-refractivity contribution in [1.82, 2.24) is 10.3 Å². The quantitative estimate of drug-likeness (QED) is 0.635. The smallest absolute Gasteiger partial charge is 0.251 e. The zero-order valence-corrected chi connectivity index (χ0v) is 15.7. The van der Waals surface area contributed by atoms with Gasteiger partial charge in [-0.05, 0) is 36.2 Å². The Morgan fingerprint density at radius 1 is 1.08 bits per heavy atom. The predicted octanol–water partition coefficient (Wildman–Crippen LogP) is 3.63. The molecule has 1 aromatic carbocycles. The Bertz CT molecular complexity index is 719. The largest absolute Gasteiger partial charge is 0.493 e. The summed E-state index contributed by atoms with van der Waals surface area (Å²) in [5.74, 6) is 1.95. The minimum Gasteiger partial charge on any atom is -0.493 e. The lowest BCUT2D eigenvalue weighted by molar-refractivity contribution is 0.0953. The number of amides is 1. The van der Waals surface area contributed by atoms with E-state index in [1.807, 2.05) is 18.2 Å². The number of pyridine rings is 1. The van der Waals surface area contributed by atoms with Crippen LogP contribution in [0.1, 0.15) is 42.1 Å². The Kier molecular flexibility index (Phi) is 7.74. The third-order valence-electron chi connectivity index (χ3n) is 4.01. The first-order chi connectivity index (χ1) is 12.7. The fraction of sp³-hybridized carbons (Fsp3) is 0.400. The number of carbonyl (C=O) groups is 1. The Morgan fingerprint density at radius 2 is 1.88 bits per heavy atom. The molecule has 0 aliphatic rings. The Morgan fingerprint density at radius 3 is 2.62 bits per heavy atom. The maximum Gasteiger partial charge on any atom is 0.251 e. The number of carbonyl (C=O) groups excluding carboxylic acids is 1. The molecule has 1 aromatic heterocycles. The van der Waals surface area contributed by atoms with Crippen molar-refractivity contribution < 1.29 is 14.3 Å². The van der Waals surface area contributed by atoms with Gasteiger partial charge in [-0.2, -0.15) is 0 Å². The van der Waals surface area contributed by atoms with Crippen molar-refractivity contribution >= 4 is 11.7 Å². The highest BCUT2D eigenvalue weighted by Crippen LogP contribution is 2.27. The summed E-state index contributed by atoms with van der Waals surface area (Å²) >= 11 is 0.